The molecular formula is C16H20FN3O3. The molecule has 0 saturated heterocycles. The number of benzene rings is 1. The molecule has 0 radical (unpaired) electrons. The molecule has 1 atom stereocenters. The van der Waals surface area contributed by atoms with Gasteiger partial charge in [-0.3, -0.25) is 4.79 Å². The summed E-state index contributed by atoms with van der Waals surface area (Å²) in [5, 5.41) is 7.00. The number of aromatic nitrogens is 2. The summed E-state index contributed by atoms with van der Waals surface area (Å²) >= 11 is 0. The molecule has 0 aliphatic heterocycles. The van der Waals surface area contributed by atoms with Crippen molar-refractivity contribution in [2.24, 2.45) is 7.05 Å². The summed E-state index contributed by atoms with van der Waals surface area (Å²) in [5.41, 5.74) is 1.47. The number of methoxy groups -OCH3 is 2. The van der Waals surface area contributed by atoms with Crippen LogP contribution in [0.2, 0.25) is 0 Å². The second-order valence-corrected chi connectivity index (χ2v) is 5.17. The molecule has 23 heavy (non-hydrogen) atoms. The maximum Gasteiger partial charge on any atom is 0.259 e. The van der Waals surface area contributed by atoms with Crippen molar-refractivity contribution in [3.63, 3.8) is 0 Å². The number of aryl methyl sites for hydroxylation is 2. The lowest BCUT2D eigenvalue weighted by atomic mass is 10.1. The highest BCUT2D eigenvalue weighted by Gasteiger charge is 2.23. The van der Waals surface area contributed by atoms with Crippen molar-refractivity contribution in [2.75, 3.05) is 14.2 Å². The topological polar surface area (TPSA) is 65.4 Å². The minimum atomic E-state index is -0.447. The van der Waals surface area contributed by atoms with Gasteiger partial charge < -0.3 is 14.8 Å². The summed E-state index contributed by atoms with van der Waals surface area (Å²) in [5.74, 6) is 0.149. The number of hydrogen-bond donors (Lipinski definition) is 1. The second kappa shape index (κ2) is 6.68. The first-order valence-corrected chi connectivity index (χ1v) is 7.11. The Hall–Kier alpha value is -2.57. The first kappa shape index (κ1) is 16.8. The predicted molar refractivity (Wildman–Crippen MR) is 83.3 cm³/mol. The third kappa shape index (κ3) is 3.28. The Bertz CT molecular complexity index is 728. The average molecular weight is 321 g/mol. The lowest BCUT2D eigenvalue weighted by molar-refractivity contribution is 0.0935. The van der Waals surface area contributed by atoms with Crippen molar-refractivity contribution in [1.82, 2.24) is 15.1 Å². The lowest BCUT2D eigenvalue weighted by Gasteiger charge is -2.17. The summed E-state index contributed by atoms with van der Waals surface area (Å²) in [6.45, 7) is 3.48. The van der Waals surface area contributed by atoms with Gasteiger partial charge in [0.15, 0.2) is 0 Å². The summed E-state index contributed by atoms with van der Waals surface area (Å²) in [6, 6.07) is 3.74. The van der Waals surface area contributed by atoms with E-state index in [-0.39, 0.29) is 5.91 Å². The Balaban J connectivity index is 2.29. The van der Waals surface area contributed by atoms with E-state index in [1.807, 2.05) is 0 Å². The van der Waals surface area contributed by atoms with Gasteiger partial charge >= 0.3 is 0 Å². The summed E-state index contributed by atoms with van der Waals surface area (Å²) < 4.78 is 25.4. The van der Waals surface area contributed by atoms with Crippen LogP contribution < -0.4 is 14.8 Å². The van der Waals surface area contributed by atoms with Crippen LogP contribution in [0.1, 0.15) is 34.6 Å². The van der Waals surface area contributed by atoms with Crippen molar-refractivity contribution in [2.45, 2.75) is 19.9 Å². The van der Waals surface area contributed by atoms with Gasteiger partial charge in [0.25, 0.3) is 5.91 Å². The maximum absolute atomic E-state index is 13.5. The number of carbonyl (C=O) groups is 1. The molecule has 0 fully saturated rings. The number of ether oxygens (including phenoxy) is 2. The highest BCUT2D eigenvalue weighted by Crippen LogP contribution is 2.27. The molecule has 6 nitrogen and oxygen atoms in total. The first-order valence-electron chi connectivity index (χ1n) is 7.11. The summed E-state index contributed by atoms with van der Waals surface area (Å²) in [6.07, 6.45) is 0. The summed E-state index contributed by atoms with van der Waals surface area (Å²) in [4.78, 5) is 12.5. The van der Waals surface area contributed by atoms with E-state index in [1.54, 1.807) is 20.9 Å². The Morgan fingerprint density at radius 1 is 1.35 bits per heavy atom. The molecule has 0 aliphatic carbocycles. The van der Waals surface area contributed by atoms with Crippen LogP contribution >= 0.6 is 0 Å². The van der Waals surface area contributed by atoms with Gasteiger partial charge in [0, 0.05) is 12.6 Å². The minimum Gasteiger partial charge on any atom is -0.496 e. The van der Waals surface area contributed by atoms with Crippen molar-refractivity contribution >= 4 is 5.91 Å². The minimum absolute atomic E-state index is 0.341. The van der Waals surface area contributed by atoms with Gasteiger partial charge in [-0.05, 0) is 32.0 Å². The molecule has 2 aromatic rings. The molecule has 0 aliphatic rings. The number of nitrogens with zero attached hydrogens (tertiary/aromatic N) is 2. The molecule has 1 heterocycles. The maximum atomic E-state index is 13.5. The van der Waals surface area contributed by atoms with Crippen molar-refractivity contribution in [3.05, 3.63) is 40.8 Å². The Morgan fingerprint density at radius 3 is 2.65 bits per heavy atom. The van der Waals surface area contributed by atoms with Gasteiger partial charge in [-0.25, -0.2) is 9.07 Å². The largest absolute Gasteiger partial charge is 0.496 e. The van der Waals surface area contributed by atoms with Crippen LogP contribution in [-0.4, -0.2) is 29.9 Å². The molecule has 0 bridgehead atoms. The zero-order valence-electron chi connectivity index (χ0n) is 13.8. The molecule has 7 heteroatoms. The van der Waals surface area contributed by atoms with E-state index in [4.69, 9.17) is 9.47 Å². The molecule has 0 saturated carbocycles. The Labute approximate surface area is 134 Å². The van der Waals surface area contributed by atoms with Gasteiger partial charge in [-0.15, -0.1) is 0 Å². The average Bonchev–Trinajstić information content (AvgIpc) is 2.80. The fraction of sp³-hybridized carbons (Fsp3) is 0.375. The second-order valence-electron chi connectivity index (χ2n) is 5.17. The Kier molecular flexibility index (Phi) is 4.88. The van der Waals surface area contributed by atoms with Crippen molar-refractivity contribution in [1.29, 1.82) is 0 Å². The quantitative estimate of drug-likeness (QED) is 0.918. The van der Waals surface area contributed by atoms with Gasteiger partial charge in [-0.1, -0.05) is 0 Å². The third-order valence-electron chi connectivity index (χ3n) is 3.60. The molecule has 1 aromatic heterocycles. The molecule has 1 unspecified atom stereocenters. The van der Waals surface area contributed by atoms with E-state index < -0.39 is 11.9 Å². The molecule has 2 rings (SSSR count). The normalized spacial score (nSPS) is 11.9. The monoisotopic (exact) mass is 321 g/mol. The van der Waals surface area contributed by atoms with E-state index in [2.05, 4.69) is 10.4 Å². The zero-order valence-corrected chi connectivity index (χ0v) is 13.8. The van der Waals surface area contributed by atoms with Crippen LogP contribution in [0.4, 0.5) is 4.39 Å². The summed E-state index contributed by atoms with van der Waals surface area (Å²) in [7, 11) is 4.67. The SMILES string of the molecule is COc1ccc(F)cc1C(C)NC(=O)c1c(C)nn(C)c1OC. The first-order chi connectivity index (χ1) is 10.9. The standard InChI is InChI=1S/C16H20FN3O3/c1-9(12-8-11(17)6-7-13(12)22-4)18-15(21)14-10(2)19-20(3)16(14)23-5/h6-9H,1-5H3,(H,18,21). The molecular weight excluding hydrogens is 301 g/mol. The highest BCUT2D eigenvalue weighted by molar-refractivity contribution is 5.97. The number of nitrogens with one attached hydrogen (secondary N) is 1. The van der Waals surface area contributed by atoms with E-state index in [0.29, 0.717) is 28.5 Å². The fourth-order valence-electron chi connectivity index (χ4n) is 2.52. The van der Waals surface area contributed by atoms with E-state index in [1.165, 1.54) is 37.1 Å². The van der Waals surface area contributed by atoms with E-state index >= 15 is 0 Å². The molecule has 124 valence electrons. The lowest BCUT2D eigenvalue weighted by Crippen LogP contribution is -2.27. The number of hydrogen-bond acceptors (Lipinski definition) is 4. The van der Waals surface area contributed by atoms with Crippen LogP contribution in [-0.2, 0) is 7.05 Å². The molecule has 1 aromatic carbocycles. The number of carbonyl (C=O) groups excluding carboxylic acids is 1. The van der Waals surface area contributed by atoms with Crippen LogP contribution in [0.3, 0.4) is 0 Å². The van der Waals surface area contributed by atoms with Crippen LogP contribution in [0.5, 0.6) is 11.6 Å². The Morgan fingerprint density at radius 2 is 2.04 bits per heavy atom. The van der Waals surface area contributed by atoms with Crippen molar-refractivity contribution in [3.8, 4) is 11.6 Å². The predicted octanol–water partition coefficient (Wildman–Crippen LogP) is 2.38. The van der Waals surface area contributed by atoms with Crippen LogP contribution in [0, 0.1) is 12.7 Å². The molecule has 1 amide bonds. The van der Waals surface area contributed by atoms with Crippen LogP contribution in [0.25, 0.3) is 0 Å². The number of rotatable bonds is 5. The van der Waals surface area contributed by atoms with Gasteiger partial charge in [0.1, 0.15) is 17.1 Å². The van der Waals surface area contributed by atoms with E-state index in [9.17, 15) is 9.18 Å². The third-order valence-corrected chi connectivity index (χ3v) is 3.60. The van der Waals surface area contributed by atoms with Crippen LogP contribution in [0.15, 0.2) is 18.2 Å². The van der Waals surface area contributed by atoms with Crippen molar-refractivity contribution < 1.29 is 18.7 Å². The number of amides is 1. The highest BCUT2D eigenvalue weighted by atomic mass is 19.1. The van der Waals surface area contributed by atoms with Gasteiger partial charge in [-0.2, -0.15) is 5.10 Å². The van der Waals surface area contributed by atoms with E-state index in [0.717, 1.165) is 0 Å². The smallest absolute Gasteiger partial charge is 0.259 e. The molecule has 1 N–H and O–H groups in total. The zero-order chi connectivity index (χ0) is 17.1. The fourth-order valence-corrected chi connectivity index (χ4v) is 2.52. The molecule has 0 spiro atoms. The van der Waals surface area contributed by atoms with Gasteiger partial charge in [0.05, 0.1) is 26.0 Å². The number of halogens is 1. The van der Waals surface area contributed by atoms with Gasteiger partial charge in [0.2, 0.25) is 5.88 Å².